The summed E-state index contributed by atoms with van der Waals surface area (Å²) in [7, 11) is 0. The lowest BCUT2D eigenvalue weighted by molar-refractivity contribution is 0.0532. The highest BCUT2D eigenvalue weighted by Crippen LogP contribution is 2.18. The molecule has 1 fully saturated rings. The first-order valence-electron chi connectivity index (χ1n) is 9.64. The van der Waals surface area contributed by atoms with Crippen LogP contribution < -0.4 is 0 Å². The molecule has 0 aliphatic carbocycles. The smallest absolute Gasteiger partial charge is 0.274 e. The van der Waals surface area contributed by atoms with E-state index in [-0.39, 0.29) is 11.8 Å². The van der Waals surface area contributed by atoms with Gasteiger partial charge in [0.2, 0.25) is 0 Å². The minimum atomic E-state index is -0.146. The zero-order valence-electron chi connectivity index (χ0n) is 16.6. The Morgan fingerprint density at radius 3 is 1.93 bits per heavy atom. The number of piperazine rings is 1. The molecular formula is C22H23N5O2. The van der Waals surface area contributed by atoms with Crippen LogP contribution in [0.15, 0.2) is 55.0 Å². The van der Waals surface area contributed by atoms with Crippen molar-refractivity contribution < 1.29 is 9.59 Å². The molecule has 0 atom stereocenters. The van der Waals surface area contributed by atoms with Crippen molar-refractivity contribution in [2.45, 2.75) is 13.8 Å². The van der Waals surface area contributed by atoms with Gasteiger partial charge in [-0.3, -0.25) is 14.6 Å². The quantitative estimate of drug-likeness (QED) is 0.690. The number of rotatable bonds is 3. The third kappa shape index (κ3) is 3.76. The van der Waals surface area contributed by atoms with Gasteiger partial charge in [0.25, 0.3) is 11.8 Å². The van der Waals surface area contributed by atoms with Gasteiger partial charge in [0.05, 0.1) is 6.20 Å². The molecule has 0 spiro atoms. The second-order valence-corrected chi connectivity index (χ2v) is 7.17. The molecule has 1 aromatic carbocycles. The van der Waals surface area contributed by atoms with Crippen LogP contribution in [0.2, 0.25) is 0 Å². The average molecular weight is 389 g/mol. The third-order valence-electron chi connectivity index (χ3n) is 5.28. The molecule has 3 aromatic rings. The number of hydrogen-bond acceptors (Lipinski definition) is 4. The summed E-state index contributed by atoms with van der Waals surface area (Å²) < 4.78 is 2.16. The van der Waals surface area contributed by atoms with Gasteiger partial charge in [-0.2, -0.15) is 0 Å². The number of aryl methyl sites for hydroxylation is 2. The topological polar surface area (TPSA) is 71.3 Å². The molecular weight excluding hydrogens is 366 g/mol. The van der Waals surface area contributed by atoms with Crippen LogP contribution in [-0.4, -0.2) is 62.3 Å². The van der Waals surface area contributed by atoms with E-state index in [1.54, 1.807) is 9.80 Å². The van der Waals surface area contributed by atoms with E-state index in [0.717, 1.165) is 17.1 Å². The molecule has 2 aromatic heterocycles. The van der Waals surface area contributed by atoms with Crippen molar-refractivity contribution in [1.82, 2.24) is 24.3 Å². The Bertz CT molecular complexity index is 1000. The number of nitrogens with zero attached hydrogens (tertiary/aromatic N) is 5. The van der Waals surface area contributed by atoms with Crippen LogP contribution >= 0.6 is 0 Å². The molecule has 4 rings (SSSR count). The molecule has 1 aliphatic rings. The third-order valence-corrected chi connectivity index (χ3v) is 5.28. The molecule has 3 heterocycles. The Hall–Kier alpha value is -3.48. The second kappa shape index (κ2) is 7.87. The van der Waals surface area contributed by atoms with Gasteiger partial charge in [-0.25, -0.2) is 4.98 Å². The number of hydrogen-bond donors (Lipinski definition) is 0. The van der Waals surface area contributed by atoms with E-state index in [4.69, 9.17) is 0 Å². The Balaban J connectivity index is 1.40. The zero-order chi connectivity index (χ0) is 20.4. The highest BCUT2D eigenvalue weighted by Gasteiger charge is 2.26. The molecule has 1 saturated heterocycles. The predicted octanol–water partition coefficient (Wildman–Crippen LogP) is 2.48. The summed E-state index contributed by atoms with van der Waals surface area (Å²) in [6.07, 6.45) is 4.51. The largest absolute Gasteiger partial charge is 0.335 e. The fraction of sp³-hybridized carbons (Fsp3) is 0.273. The lowest BCUT2D eigenvalue weighted by atomic mass is 10.1. The second-order valence-electron chi connectivity index (χ2n) is 7.17. The van der Waals surface area contributed by atoms with Gasteiger partial charge in [0, 0.05) is 61.2 Å². The van der Waals surface area contributed by atoms with Gasteiger partial charge in [-0.1, -0.05) is 0 Å². The van der Waals surface area contributed by atoms with Gasteiger partial charge in [0.15, 0.2) is 0 Å². The lowest BCUT2D eigenvalue weighted by Gasteiger charge is -2.34. The van der Waals surface area contributed by atoms with E-state index < -0.39 is 0 Å². The molecule has 0 saturated carbocycles. The van der Waals surface area contributed by atoms with Crippen molar-refractivity contribution >= 4 is 11.8 Å². The maximum absolute atomic E-state index is 12.9. The predicted molar refractivity (Wildman–Crippen MR) is 109 cm³/mol. The summed E-state index contributed by atoms with van der Waals surface area (Å²) in [4.78, 5) is 36.9. The van der Waals surface area contributed by atoms with Crippen LogP contribution in [0.5, 0.6) is 0 Å². The molecule has 0 unspecified atom stereocenters. The fourth-order valence-corrected chi connectivity index (χ4v) is 3.70. The molecule has 0 bridgehead atoms. The standard InChI is InChI=1S/C22H23N5O2/c1-16-3-4-17(2)27(16)19-7-5-18(6-8-19)21(28)25-11-13-26(14-12-25)22(29)20-15-23-9-10-24-20/h3-10,15H,11-14H2,1-2H3. The first kappa shape index (κ1) is 18.9. The molecule has 1 aliphatic heterocycles. The monoisotopic (exact) mass is 389 g/mol. The van der Waals surface area contributed by atoms with Crippen molar-refractivity contribution in [2.24, 2.45) is 0 Å². The van der Waals surface area contributed by atoms with Crippen molar-refractivity contribution in [3.8, 4) is 5.69 Å². The van der Waals surface area contributed by atoms with E-state index in [9.17, 15) is 9.59 Å². The van der Waals surface area contributed by atoms with Crippen molar-refractivity contribution in [3.05, 3.63) is 77.6 Å². The van der Waals surface area contributed by atoms with Crippen LogP contribution in [0.25, 0.3) is 5.69 Å². The summed E-state index contributed by atoms with van der Waals surface area (Å²) in [5.41, 5.74) is 4.35. The van der Waals surface area contributed by atoms with Crippen molar-refractivity contribution in [2.75, 3.05) is 26.2 Å². The first-order chi connectivity index (χ1) is 14.0. The Morgan fingerprint density at radius 1 is 0.793 bits per heavy atom. The van der Waals surface area contributed by atoms with Gasteiger partial charge < -0.3 is 14.4 Å². The Labute approximate surface area is 169 Å². The molecule has 29 heavy (non-hydrogen) atoms. The highest BCUT2D eigenvalue weighted by atomic mass is 16.2. The fourth-order valence-electron chi connectivity index (χ4n) is 3.70. The van der Waals surface area contributed by atoms with Crippen LogP contribution in [0.1, 0.15) is 32.2 Å². The summed E-state index contributed by atoms with van der Waals surface area (Å²) in [5, 5.41) is 0. The SMILES string of the molecule is Cc1ccc(C)n1-c1ccc(C(=O)N2CCN(C(=O)c3cnccn3)CC2)cc1. The molecule has 148 valence electrons. The highest BCUT2D eigenvalue weighted by molar-refractivity contribution is 5.95. The van der Waals surface area contributed by atoms with Crippen LogP contribution in [0, 0.1) is 13.8 Å². The number of carbonyl (C=O) groups excluding carboxylic acids is 2. The van der Waals surface area contributed by atoms with E-state index in [1.807, 2.05) is 24.3 Å². The first-order valence-corrected chi connectivity index (χ1v) is 9.64. The van der Waals surface area contributed by atoms with E-state index in [2.05, 4.69) is 40.5 Å². The summed E-state index contributed by atoms with van der Waals surface area (Å²) in [5.74, 6) is -0.156. The van der Waals surface area contributed by atoms with Crippen molar-refractivity contribution in [1.29, 1.82) is 0 Å². The molecule has 0 radical (unpaired) electrons. The maximum Gasteiger partial charge on any atom is 0.274 e. The van der Waals surface area contributed by atoms with Crippen molar-refractivity contribution in [3.63, 3.8) is 0 Å². The van der Waals surface area contributed by atoms with Gasteiger partial charge in [-0.05, 0) is 50.2 Å². The normalized spacial score (nSPS) is 14.1. The van der Waals surface area contributed by atoms with Gasteiger partial charge >= 0.3 is 0 Å². The minimum Gasteiger partial charge on any atom is -0.335 e. The van der Waals surface area contributed by atoms with Crippen LogP contribution in [0.4, 0.5) is 0 Å². The van der Waals surface area contributed by atoms with E-state index >= 15 is 0 Å². The summed E-state index contributed by atoms with van der Waals surface area (Å²) >= 11 is 0. The van der Waals surface area contributed by atoms with E-state index in [1.165, 1.54) is 18.6 Å². The number of amides is 2. The number of aromatic nitrogens is 3. The Kier molecular flexibility index (Phi) is 5.12. The average Bonchev–Trinajstić information content (AvgIpc) is 3.11. The van der Waals surface area contributed by atoms with Crippen LogP contribution in [0.3, 0.4) is 0 Å². The Morgan fingerprint density at radius 2 is 1.38 bits per heavy atom. The summed E-state index contributed by atoms with van der Waals surface area (Å²) in [6.45, 7) is 6.11. The van der Waals surface area contributed by atoms with Crippen LogP contribution in [-0.2, 0) is 0 Å². The lowest BCUT2D eigenvalue weighted by Crippen LogP contribution is -2.50. The molecule has 0 N–H and O–H groups in total. The number of benzene rings is 1. The minimum absolute atomic E-state index is 0.0101. The molecule has 7 heteroatoms. The maximum atomic E-state index is 12.9. The zero-order valence-corrected chi connectivity index (χ0v) is 16.6. The number of carbonyl (C=O) groups is 2. The summed E-state index contributed by atoms with van der Waals surface area (Å²) in [6, 6.07) is 11.8. The van der Waals surface area contributed by atoms with E-state index in [0.29, 0.717) is 37.4 Å². The molecule has 2 amide bonds. The van der Waals surface area contributed by atoms with Gasteiger partial charge in [-0.15, -0.1) is 0 Å². The molecule has 7 nitrogen and oxygen atoms in total. The van der Waals surface area contributed by atoms with Gasteiger partial charge in [0.1, 0.15) is 5.69 Å².